The molecule has 0 spiro atoms. The van der Waals surface area contributed by atoms with Crippen molar-refractivity contribution in [2.75, 3.05) is 23.3 Å². The van der Waals surface area contributed by atoms with E-state index in [4.69, 9.17) is 23.2 Å². The molecule has 22 heavy (non-hydrogen) atoms. The minimum Gasteiger partial charge on any atom is -0.355 e. The Morgan fingerprint density at radius 3 is 2.59 bits per heavy atom. The first-order valence-electron chi connectivity index (χ1n) is 7.39. The zero-order chi connectivity index (χ0) is 15.4. The van der Waals surface area contributed by atoms with Crippen molar-refractivity contribution in [3.05, 3.63) is 34.4 Å². The van der Waals surface area contributed by atoms with Crippen molar-refractivity contribution in [2.45, 2.75) is 25.7 Å². The lowest BCUT2D eigenvalue weighted by molar-refractivity contribution is 0.726. The van der Waals surface area contributed by atoms with Crippen LogP contribution in [0.1, 0.15) is 25.7 Å². The topological polar surface area (TPSA) is 53.9 Å². The van der Waals surface area contributed by atoms with Crippen molar-refractivity contribution < 1.29 is 0 Å². The molecule has 1 aromatic heterocycles. The first kappa shape index (κ1) is 15.3. The molecule has 1 aromatic carbocycles. The summed E-state index contributed by atoms with van der Waals surface area (Å²) in [5.41, 5.74) is 0.670. The lowest BCUT2D eigenvalue weighted by Crippen LogP contribution is -2.25. The van der Waals surface area contributed by atoms with Crippen LogP contribution in [0.15, 0.2) is 24.4 Å². The average Bonchev–Trinajstić information content (AvgIpc) is 2.80. The van der Waals surface area contributed by atoms with E-state index in [9.17, 15) is 0 Å². The van der Waals surface area contributed by atoms with E-state index >= 15 is 0 Å². The van der Waals surface area contributed by atoms with Gasteiger partial charge in [0.15, 0.2) is 5.82 Å². The number of hydrogen-bond donors (Lipinski definition) is 1. The summed E-state index contributed by atoms with van der Waals surface area (Å²) in [7, 11) is 0. The summed E-state index contributed by atoms with van der Waals surface area (Å²) in [4.78, 5) is 6.80. The third kappa shape index (κ3) is 3.78. The van der Waals surface area contributed by atoms with E-state index < -0.39 is 0 Å². The van der Waals surface area contributed by atoms with Crippen LogP contribution in [0, 0.1) is 0 Å². The second-order valence-electron chi connectivity index (χ2n) is 5.29. The molecule has 2 aromatic rings. The molecule has 1 aliphatic rings. The molecule has 3 rings (SSSR count). The van der Waals surface area contributed by atoms with E-state index in [1.54, 1.807) is 24.4 Å². The van der Waals surface area contributed by atoms with Crippen LogP contribution >= 0.6 is 23.2 Å². The highest BCUT2D eigenvalue weighted by Gasteiger charge is 2.13. The Bertz CT molecular complexity index is 642. The van der Waals surface area contributed by atoms with Gasteiger partial charge in [-0.25, -0.2) is 0 Å². The van der Waals surface area contributed by atoms with Gasteiger partial charge in [-0.3, -0.25) is 0 Å². The van der Waals surface area contributed by atoms with E-state index in [2.05, 4.69) is 25.4 Å². The first-order valence-corrected chi connectivity index (χ1v) is 8.15. The minimum atomic E-state index is 0.422. The standard InChI is InChI=1S/C15H17Cl2N5/c16-11-5-6-12(17)13(9-11)19-15-20-14(10-18-21-15)22-7-3-1-2-4-8-22/h5-6,9-10H,1-4,7-8H2,(H,19,20,21). The molecule has 1 fully saturated rings. The van der Waals surface area contributed by atoms with Gasteiger partial charge in [-0.15, -0.1) is 5.10 Å². The predicted molar refractivity (Wildman–Crippen MR) is 90.3 cm³/mol. The number of halogens is 2. The van der Waals surface area contributed by atoms with Crippen LogP contribution in [-0.4, -0.2) is 28.3 Å². The second kappa shape index (κ2) is 7.11. The van der Waals surface area contributed by atoms with E-state index in [1.807, 2.05) is 0 Å². The molecule has 0 aliphatic carbocycles. The second-order valence-corrected chi connectivity index (χ2v) is 6.13. The number of nitrogens with one attached hydrogen (secondary N) is 1. The molecule has 1 N–H and O–H groups in total. The summed E-state index contributed by atoms with van der Waals surface area (Å²) in [6.07, 6.45) is 6.63. The van der Waals surface area contributed by atoms with Gasteiger partial charge >= 0.3 is 0 Å². The number of aromatic nitrogens is 3. The zero-order valence-electron chi connectivity index (χ0n) is 12.1. The lowest BCUT2D eigenvalue weighted by atomic mass is 10.2. The minimum absolute atomic E-state index is 0.422. The summed E-state index contributed by atoms with van der Waals surface area (Å²) in [6.45, 7) is 2.02. The van der Waals surface area contributed by atoms with Crippen LogP contribution in [0.25, 0.3) is 0 Å². The number of nitrogens with zero attached hydrogens (tertiary/aromatic N) is 4. The molecule has 2 heterocycles. The van der Waals surface area contributed by atoms with E-state index in [1.165, 1.54) is 25.7 Å². The summed E-state index contributed by atoms with van der Waals surface area (Å²) >= 11 is 12.1. The number of rotatable bonds is 3. The maximum atomic E-state index is 6.15. The van der Waals surface area contributed by atoms with Gasteiger partial charge in [0.25, 0.3) is 0 Å². The van der Waals surface area contributed by atoms with Gasteiger partial charge in [0, 0.05) is 18.1 Å². The molecule has 0 atom stereocenters. The molecule has 0 amide bonds. The van der Waals surface area contributed by atoms with Crippen molar-refractivity contribution in [1.82, 2.24) is 15.2 Å². The van der Waals surface area contributed by atoms with Gasteiger partial charge in [0.05, 0.1) is 16.9 Å². The third-order valence-electron chi connectivity index (χ3n) is 3.65. The summed E-state index contributed by atoms with van der Waals surface area (Å²) < 4.78 is 0. The van der Waals surface area contributed by atoms with Crippen molar-refractivity contribution in [3.63, 3.8) is 0 Å². The number of anilines is 3. The van der Waals surface area contributed by atoms with Gasteiger partial charge in [-0.05, 0) is 31.0 Å². The summed E-state index contributed by atoms with van der Waals surface area (Å²) in [5, 5.41) is 12.3. The van der Waals surface area contributed by atoms with Crippen molar-refractivity contribution >= 4 is 40.7 Å². The van der Waals surface area contributed by atoms with Crippen LogP contribution in [-0.2, 0) is 0 Å². The quantitative estimate of drug-likeness (QED) is 0.904. The van der Waals surface area contributed by atoms with Crippen LogP contribution in [0.4, 0.5) is 17.5 Å². The number of hydrogen-bond acceptors (Lipinski definition) is 5. The largest absolute Gasteiger partial charge is 0.355 e. The summed E-state index contributed by atoms with van der Waals surface area (Å²) in [6, 6.07) is 5.21. The Morgan fingerprint density at radius 1 is 1.05 bits per heavy atom. The Kier molecular flexibility index (Phi) is 4.95. The van der Waals surface area contributed by atoms with Crippen LogP contribution in [0.5, 0.6) is 0 Å². The predicted octanol–water partition coefficient (Wildman–Crippen LogP) is 4.30. The highest BCUT2D eigenvalue weighted by molar-refractivity contribution is 6.35. The van der Waals surface area contributed by atoms with Crippen molar-refractivity contribution in [2.24, 2.45) is 0 Å². The molecule has 116 valence electrons. The molecule has 5 nitrogen and oxygen atoms in total. The molecule has 1 saturated heterocycles. The molecular formula is C15H17Cl2N5. The van der Waals surface area contributed by atoms with E-state index in [-0.39, 0.29) is 0 Å². The fourth-order valence-corrected chi connectivity index (χ4v) is 2.85. The maximum absolute atomic E-state index is 6.15. The molecule has 7 heteroatoms. The SMILES string of the molecule is Clc1ccc(Cl)c(Nc2nncc(N3CCCCCC3)n2)c1. The van der Waals surface area contributed by atoms with Crippen LogP contribution < -0.4 is 10.2 Å². The van der Waals surface area contributed by atoms with Gasteiger partial charge in [-0.1, -0.05) is 36.0 Å². The third-order valence-corrected chi connectivity index (χ3v) is 4.22. The average molecular weight is 338 g/mol. The van der Waals surface area contributed by atoms with Gasteiger partial charge < -0.3 is 10.2 Å². The Balaban J connectivity index is 1.80. The van der Waals surface area contributed by atoms with Gasteiger partial charge in [0.1, 0.15) is 0 Å². The number of benzene rings is 1. The highest BCUT2D eigenvalue weighted by Crippen LogP contribution is 2.27. The lowest BCUT2D eigenvalue weighted by Gasteiger charge is -2.21. The van der Waals surface area contributed by atoms with Gasteiger partial charge in [-0.2, -0.15) is 10.1 Å². The summed E-state index contributed by atoms with van der Waals surface area (Å²) in [5.74, 6) is 1.27. The van der Waals surface area contributed by atoms with Crippen LogP contribution in [0.3, 0.4) is 0 Å². The Hall–Kier alpha value is -1.59. The Labute approximate surface area is 139 Å². The molecule has 0 unspecified atom stereocenters. The highest BCUT2D eigenvalue weighted by atomic mass is 35.5. The van der Waals surface area contributed by atoms with Gasteiger partial charge in [0.2, 0.25) is 5.95 Å². The molecule has 0 saturated carbocycles. The Morgan fingerprint density at radius 2 is 1.82 bits per heavy atom. The normalized spacial score (nSPS) is 15.5. The first-order chi connectivity index (χ1) is 10.7. The molecule has 1 aliphatic heterocycles. The smallest absolute Gasteiger partial charge is 0.249 e. The van der Waals surface area contributed by atoms with Crippen molar-refractivity contribution in [1.29, 1.82) is 0 Å². The van der Waals surface area contributed by atoms with E-state index in [0.29, 0.717) is 21.7 Å². The fraction of sp³-hybridized carbons (Fsp3) is 0.400. The molecular weight excluding hydrogens is 321 g/mol. The van der Waals surface area contributed by atoms with Crippen molar-refractivity contribution in [3.8, 4) is 0 Å². The van der Waals surface area contributed by atoms with E-state index in [0.717, 1.165) is 18.9 Å². The maximum Gasteiger partial charge on any atom is 0.249 e. The van der Waals surface area contributed by atoms with Crippen LogP contribution in [0.2, 0.25) is 10.0 Å². The zero-order valence-corrected chi connectivity index (χ0v) is 13.6. The monoisotopic (exact) mass is 337 g/mol. The fourth-order valence-electron chi connectivity index (χ4n) is 2.51. The molecule has 0 radical (unpaired) electrons. The molecule has 0 bridgehead atoms.